The average Bonchev–Trinajstić information content (AvgIpc) is 3.44. The van der Waals surface area contributed by atoms with E-state index in [2.05, 4.69) is 78.3 Å². The molecule has 5 aromatic carbocycles. The molecule has 2 heterocycles. The van der Waals surface area contributed by atoms with Crippen molar-refractivity contribution in [3.8, 4) is 11.1 Å². The Balaban J connectivity index is 1.36. The van der Waals surface area contributed by atoms with Crippen molar-refractivity contribution in [1.82, 2.24) is 9.13 Å². The van der Waals surface area contributed by atoms with Crippen molar-refractivity contribution in [2.75, 3.05) is 0 Å². The van der Waals surface area contributed by atoms with Crippen molar-refractivity contribution in [2.45, 2.75) is 6.61 Å². The minimum absolute atomic E-state index is 0.227. The summed E-state index contributed by atoms with van der Waals surface area (Å²) in [6.07, 6.45) is -0.378. The molecule has 0 aliphatic carbocycles. The zero-order chi connectivity index (χ0) is 24.9. The maximum Gasteiger partial charge on any atom is 0.419 e. The van der Waals surface area contributed by atoms with Crippen LogP contribution in [0.25, 0.3) is 54.7 Å². The van der Waals surface area contributed by atoms with Crippen molar-refractivity contribution in [3.05, 3.63) is 121 Å². The quantitative estimate of drug-likeness (QED) is 0.255. The van der Waals surface area contributed by atoms with Gasteiger partial charge < -0.3 is 9.30 Å². The van der Waals surface area contributed by atoms with Gasteiger partial charge in [-0.05, 0) is 41.0 Å². The molecule has 0 aliphatic heterocycles. The molecule has 2 aromatic heterocycles. The summed E-state index contributed by atoms with van der Waals surface area (Å²) in [5.41, 5.74) is 7.20. The number of ether oxygens (including phenoxy) is 1. The van der Waals surface area contributed by atoms with E-state index < -0.39 is 0 Å². The number of fused-ring (bicyclic) bond motifs is 6. The number of rotatable bonds is 3. The summed E-state index contributed by atoms with van der Waals surface area (Å²) >= 11 is 0. The zero-order valence-electron chi connectivity index (χ0n) is 20.4. The van der Waals surface area contributed by atoms with Crippen molar-refractivity contribution in [2.24, 2.45) is 7.05 Å². The Bertz CT molecular complexity index is 1960. The summed E-state index contributed by atoms with van der Waals surface area (Å²) in [6, 6.07) is 39.2. The van der Waals surface area contributed by atoms with Gasteiger partial charge in [0.2, 0.25) is 0 Å². The van der Waals surface area contributed by atoms with Crippen molar-refractivity contribution < 1.29 is 9.53 Å². The van der Waals surface area contributed by atoms with E-state index in [1.54, 1.807) is 4.57 Å². The Morgan fingerprint density at radius 2 is 1.14 bits per heavy atom. The predicted octanol–water partition coefficient (Wildman–Crippen LogP) is 8.29. The normalized spacial score (nSPS) is 11.6. The minimum Gasteiger partial charge on any atom is -0.444 e. The molecule has 0 amide bonds. The van der Waals surface area contributed by atoms with E-state index in [9.17, 15) is 4.79 Å². The molecule has 0 unspecified atom stereocenters. The third-order valence-corrected chi connectivity index (χ3v) is 7.31. The van der Waals surface area contributed by atoms with Gasteiger partial charge in [-0.15, -0.1) is 0 Å². The van der Waals surface area contributed by atoms with Gasteiger partial charge in [0.05, 0.1) is 11.0 Å². The van der Waals surface area contributed by atoms with E-state index in [0.29, 0.717) is 0 Å². The fourth-order valence-corrected chi connectivity index (χ4v) is 5.47. The van der Waals surface area contributed by atoms with Crippen molar-refractivity contribution in [1.29, 1.82) is 0 Å². The summed E-state index contributed by atoms with van der Waals surface area (Å²) in [5, 5.41) is 4.55. The van der Waals surface area contributed by atoms with Crippen molar-refractivity contribution in [3.63, 3.8) is 0 Å². The molecule has 4 heteroatoms. The summed E-state index contributed by atoms with van der Waals surface area (Å²) in [4.78, 5) is 13.4. The molecule has 0 saturated carbocycles. The molecular formula is C33H24N2O2. The lowest BCUT2D eigenvalue weighted by Crippen LogP contribution is -2.13. The molecular weight excluding hydrogens is 456 g/mol. The van der Waals surface area contributed by atoms with Gasteiger partial charge in [-0.2, -0.15) is 0 Å². The minimum atomic E-state index is -0.378. The first kappa shape index (κ1) is 21.5. The number of aryl methyl sites for hydroxylation is 1. The van der Waals surface area contributed by atoms with Crippen LogP contribution in [0, 0.1) is 0 Å². The third kappa shape index (κ3) is 3.41. The van der Waals surface area contributed by atoms with Gasteiger partial charge in [-0.3, -0.25) is 0 Å². The van der Waals surface area contributed by atoms with Crippen LogP contribution in [-0.2, 0) is 18.4 Å². The lowest BCUT2D eigenvalue weighted by molar-refractivity contribution is 0.143. The maximum atomic E-state index is 13.4. The largest absolute Gasteiger partial charge is 0.444 e. The number of carbonyl (C=O) groups is 1. The number of aromatic nitrogens is 2. The van der Waals surface area contributed by atoms with Gasteiger partial charge in [0.15, 0.2) is 0 Å². The van der Waals surface area contributed by atoms with E-state index >= 15 is 0 Å². The molecule has 4 nitrogen and oxygen atoms in total. The summed E-state index contributed by atoms with van der Waals surface area (Å²) < 4.78 is 9.70. The van der Waals surface area contributed by atoms with E-state index in [0.717, 1.165) is 38.5 Å². The van der Waals surface area contributed by atoms with E-state index in [1.165, 1.54) is 21.8 Å². The van der Waals surface area contributed by atoms with Crippen LogP contribution in [0.4, 0.5) is 4.79 Å². The molecule has 0 N–H and O–H groups in total. The van der Waals surface area contributed by atoms with Crippen LogP contribution in [0.2, 0.25) is 0 Å². The number of nitrogens with zero attached hydrogens (tertiary/aromatic N) is 2. The standard InChI is InChI=1S/C33H24N2O2/c1-34-29-13-7-5-11-25(29)27-17-15-23(19-31(27)34)24-16-18-28-26-12-6-8-14-30(26)35(32(28)20-24)33(36)37-21-22-9-3-2-4-10-22/h2-20H,21H2,1H3. The second-order valence-corrected chi connectivity index (χ2v) is 9.43. The lowest BCUT2D eigenvalue weighted by atomic mass is 10.0. The van der Waals surface area contributed by atoms with Crippen molar-refractivity contribution >= 4 is 49.7 Å². The highest BCUT2D eigenvalue weighted by molar-refractivity contribution is 6.14. The van der Waals surface area contributed by atoms with Gasteiger partial charge >= 0.3 is 6.09 Å². The first-order valence-electron chi connectivity index (χ1n) is 12.4. The molecule has 7 rings (SSSR count). The Labute approximate surface area is 213 Å². The Hall–Kier alpha value is -4.83. The second-order valence-electron chi connectivity index (χ2n) is 9.43. The second kappa shape index (κ2) is 8.38. The summed E-state index contributed by atoms with van der Waals surface area (Å²) in [5.74, 6) is 0. The predicted molar refractivity (Wildman–Crippen MR) is 151 cm³/mol. The molecule has 178 valence electrons. The average molecular weight is 481 g/mol. The van der Waals surface area contributed by atoms with Gasteiger partial charge in [0, 0.05) is 39.6 Å². The highest BCUT2D eigenvalue weighted by Gasteiger charge is 2.18. The van der Waals surface area contributed by atoms with Gasteiger partial charge in [0.25, 0.3) is 0 Å². The number of hydrogen-bond donors (Lipinski definition) is 0. The number of carbonyl (C=O) groups excluding carboxylic acids is 1. The molecule has 0 aliphatic rings. The van der Waals surface area contributed by atoms with Gasteiger partial charge in [0.1, 0.15) is 6.61 Å². The fourth-order valence-electron chi connectivity index (χ4n) is 5.47. The number of para-hydroxylation sites is 2. The first-order chi connectivity index (χ1) is 18.2. The van der Waals surface area contributed by atoms with Crippen LogP contribution in [0.5, 0.6) is 0 Å². The molecule has 0 radical (unpaired) electrons. The van der Waals surface area contributed by atoms with E-state index in [1.807, 2.05) is 48.5 Å². The maximum absolute atomic E-state index is 13.4. The smallest absolute Gasteiger partial charge is 0.419 e. The molecule has 0 spiro atoms. The molecule has 37 heavy (non-hydrogen) atoms. The highest BCUT2D eigenvalue weighted by atomic mass is 16.5. The molecule has 0 fully saturated rings. The van der Waals surface area contributed by atoms with Crippen LogP contribution >= 0.6 is 0 Å². The number of benzene rings is 5. The molecule has 0 bridgehead atoms. The number of hydrogen-bond acceptors (Lipinski definition) is 2. The monoisotopic (exact) mass is 480 g/mol. The summed E-state index contributed by atoms with van der Waals surface area (Å²) in [6.45, 7) is 0.227. The highest BCUT2D eigenvalue weighted by Crippen LogP contribution is 2.35. The Morgan fingerprint density at radius 3 is 1.86 bits per heavy atom. The SMILES string of the molecule is Cn1c2ccccc2c2ccc(-c3ccc4c5ccccc5n(C(=O)OCc5ccccc5)c4c3)cc21. The van der Waals surface area contributed by atoms with E-state index in [-0.39, 0.29) is 12.7 Å². The van der Waals surface area contributed by atoms with Crippen LogP contribution in [0.1, 0.15) is 5.56 Å². The Morgan fingerprint density at radius 1 is 0.595 bits per heavy atom. The topological polar surface area (TPSA) is 36.2 Å². The van der Waals surface area contributed by atoms with Crippen LogP contribution in [0.3, 0.4) is 0 Å². The zero-order valence-corrected chi connectivity index (χ0v) is 20.4. The van der Waals surface area contributed by atoms with E-state index in [4.69, 9.17) is 4.74 Å². The van der Waals surface area contributed by atoms with Crippen LogP contribution in [0.15, 0.2) is 115 Å². The fraction of sp³-hybridized carbons (Fsp3) is 0.0606. The lowest BCUT2D eigenvalue weighted by Gasteiger charge is -2.09. The molecule has 0 saturated heterocycles. The summed E-state index contributed by atoms with van der Waals surface area (Å²) in [7, 11) is 2.11. The van der Waals surface area contributed by atoms with Crippen LogP contribution < -0.4 is 0 Å². The van der Waals surface area contributed by atoms with Gasteiger partial charge in [-0.1, -0.05) is 91.0 Å². The van der Waals surface area contributed by atoms with Crippen LogP contribution in [-0.4, -0.2) is 15.2 Å². The molecule has 7 aromatic rings. The first-order valence-corrected chi connectivity index (χ1v) is 12.4. The molecule has 0 atom stereocenters. The Kier molecular flexibility index (Phi) is 4.86. The van der Waals surface area contributed by atoms with Gasteiger partial charge in [-0.25, -0.2) is 9.36 Å². The third-order valence-electron chi connectivity index (χ3n) is 7.31.